The van der Waals surface area contributed by atoms with Crippen molar-refractivity contribution in [3.8, 4) is 0 Å². The van der Waals surface area contributed by atoms with Crippen LogP contribution in [0.3, 0.4) is 0 Å². The SMILES string of the molecule is O=C1Cc2cc([N+](=O)[O-])ccc2N1CC=CCS. The van der Waals surface area contributed by atoms with E-state index in [1.54, 1.807) is 11.0 Å². The van der Waals surface area contributed by atoms with Gasteiger partial charge in [-0.15, -0.1) is 0 Å². The molecule has 2 rings (SSSR count). The van der Waals surface area contributed by atoms with Gasteiger partial charge in [-0.1, -0.05) is 12.2 Å². The highest BCUT2D eigenvalue weighted by atomic mass is 32.1. The van der Waals surface area contributed by atoms with Crippen LogP contribution in [0.4, 0.5) is 11.4 Å². The number of thiol groups is 1. The number of carbonyl (C=O) groups is 1. The number of carbonyl (C=O) groups excluding carboxylic acids is 1. The highest BCUT2D eigenvalue weighted by Crippen LogP contribution is 2.31. The minimum atomic E-state index is -0.450. The lowest BCUT2D eigenvalue weighted by atomic mass is 10.1. The van der Waals surface area contributed by atoms with Crippen LogP contribution in [0.15, 0.2) is 30.4 Å². The van der Waals surface area contributed by atoms with Gasteiger partial charge in [-0.25, -0.2) is 0 Å². The molecule has 1 aliphatic heterocycles. The van der Waals surface area contributed by atoms with Crippen molar-refractivity contribution in [2.24, 2.45) is 0 Å². The molecule has 0 N–H and O–H groups in total. The van der Waals surface area contributed by atoms with Crippen molar-refractivity contribution < 1.29 is 9.72 Å². The first-order valence-corrected chi connectivity index (χ1v) is 6.10. The summed E-state index contributed by atoms with van der Waals surface area (Å²) in [6, 6.07) is 4.52. The molecule has 94 valence electrons. The van der Waals surface area contributed by atoms with E-state index in [0.29, 0.717) is 17.9 Å². The number of nitrogens with zero attached hydrogens (tertiary/aromatic N) is 2. The van der Waals surface area contributed by atoms with Gasteiger partial charge in [0, 0.05) is 30.1 Å². The minimum Gasteiger partial charge on any atom is -0.308 e. The monoisotopic (exact) mass is 264 g/mol. The van der Waals surface area contributed by atoms with Gasteiger partial charge in [-0.3, -0.25) is 14.9 Å². The Hall–Kier alpha value is -1.82. The normalized spacial score (nSPS) is 14.3. The van der Waals surface area contributed by atoms with Crippen molar-refractivity contribution in [1.82, 2.24) is 0 Å². The summed E-state index contributed by atoms with van der Waals surface area (Å²) >= 11 is 4.05. The van der Waals surface area contributed by atoms with Crippen LogP contribution in [0, 0.1) is 10.1 Å². The van der Waals surface area contributed by atoms with Gasteiger partial charge in [0.15, 0.2) is 0 Å². The van der Waals surface area contributed by atoms with Crippen LogP contribution in [-0.4, -0.2) is 23.1 Å². The van der Waals surface area contributed by atoms with E-state index < -0.39 is 4.92 Å². The molecular weight excluding hydrogens is 252 g/mol. The molecule has 1 amide bonds. The number of hydrogen-bond donors (Lipinski definition) is 1. The van der Waals surface area contributed by atoms with Crippen LogP contribution in [0.2, 0.25) is 0 Å². The van der Waals surface area contributed by atoms with Crippen LogP contribution in [-0.2, 0) is 11.2 Å². The van der Waals surface area contributed by atoms with Crippen LogP contribution < -0.4 is 4.90 Å². The average molecular weight is 264 g/mol. The smallest absolute Gasteiger partial charge is 0.269 e. The summed E-state index contributed by atoms with van der Waals surface area (Å²) in [5.74, 6) is 0.587. The maximum atomic E-state index is 11.8. The van der Waals surface area contributed by atoms with E-state index in [0.717, 1.165) is 5.69 Å². The Morgan fingerprint density at radius 3 is 2.89 bits per heavy atom. The van der Waals surface area contributed by atoms with Crippen LogP contribution in [0.5, 0.6) is 0 Å². The lowest BCUT2D eigenvalue weighted by Crippen LogP contribution is -2.26. The van der Waals surface area contributed by atoms with Gasteiger partial charge >= 0.3 is 0 Å². The van der Waals surface area contributed by atoms with Crippen molar-refractivity contribution in [3.05, 3.63) is 46.0 Å². The predicted octanol–water partition coefficient (Wildman–Crippen LogP) is 1.97. The zero-order valence-corrected chi connectivity index (χ0v) is 10.5. The molecule has 0 radical (unpaired) electrons. The lowest BCUT2D eigenvalue weighted by molar-refractivity contribution is -0.384. The first-order valence-electron chi connectivity index (χ1n) is 5.47. The maximum absolute atomic E-state index is 11.8. The zero-order valence-electron chi connectivity index (χ0n) is 9.57. The standard InChI is InChI=1S/C12H12N2O3S/c15-12-8-9-7-10(14(16)17)3-4-11(9)13(12)5-1-2-6-18/h1-4,7,18H,5-6,8H2. The van der Waals surface area contributed by atoms with Crippen molar-refractivity contribution in [3.63, 3.8) is 0 Å². The molecule has 1 aromatic rings. The average Bonchev–Trinajstić information content (AvgIpc) is 2.65. The Bertz CT molecular complexity index is 528. The Morgan fingerprint density at radius 1 is 1.44 bits per heavy atom. The fraction of sp³-hybridized carbons (Fsp3) is 0.250. The molecule has 0 atom stereocenters. The second-order valence-electron chi connectivity index (χ2n) is 3.91. The van der Waals surface area contributed by atoms with Crippen molar-refractivity contribution in [1.29, 1.82) is 0 Å². The molecule has 0 aromatic heterocycles. The molecule has 0 fully saturated rings. The number of anilines is 1. The van der Waals surface area contributed by atoms with E-state index in [9.17, 15) is 14.9 Å². The van der Waals surface area contributed by atoms with E-state index in [4.69, 9.17) is 0 Å². The molecule has 1 heterocycles. The number of amides is 1. The number of nitro groups is 1. The zero-order chi connectivity index (χ0) is 13.1. The summed E-state index contributed by atoms with van der Waals surface area (Å²) in [4.78, 5) is 23.6. The molecule has 5 nitrogen and oxygen atoms in total. The van der Waals surface area contributed by atoms with E-state index in [1.165, 1.54) is 12.1 Å². The largest absolute Gasteiger partial charge is 0.308 e. The van der Waals surface area contributed by atoms with Gasteiger partial charge < -0.3 is 4.90 Å². The Labute approximate surface area is 110 Å². The number of benzene rings is 1. The summed E-state index contributed by atoms with van der Waals surface area (Å²) in [5, 5.41) is 10.7. The van der Waals surface area contributed by atoms with Gasteiger partial charge in [0.25, 0.3) is 5.69 Å². The Balaban J connectivity index is 2.26. The number of fused-ring (bicyclic) bond motifs is 1. The third kappa shape index (κ3) is 2.38. The molecule has 0 aliphatic carbocycles. The summed E-state index contributed by atoms with van der Waals surface area (Å²) < 4.78 is 0. The molecule has 0 bridgehead atoms. The van der Waals surface area contributed by atoms with Gasteiger partial charge in [0.2, 0.25) is 5.91 Å². The molecule has 1 aliphatic rings. The molecule has 0 unspecified atom stereocenters. The van der Waals surface area contributed by atoms with Gasteiger partial charge in [0.05, 0.1) is 11.3 Å². The van der Waals surface area contributed by atoms with E-state index in [2.05, 4.69) is 12.6 Å². The first-order chi connectivity index (χ1) is 8.63. The van der Waals surface area contributed by atoms with Crippen molar-refractivity contribution in [2.45, 2.75) is 6.42 Å². The summed E-state index contributed by atoms with van der Waals surface area (Å²) in [6.45, 7) is 0.476. The van der Waals surface area contributed by atoms with E-state index in [1.807, 2.05) is 12.2 Å². The summed E-state index contributed by atoms with van der Waals surface area (Å²) in [5.41, 5.74) is 1.50. The highest BCUT2D eigenvalue weighted by Gasteiger charge is 2.27. The Kier molecular flexibility index (Phi) is 3.66. The van der Waals surface area contributed by atoms with Crippen molar-refractivity contribution in [2.75, 3.05) is 17.2 Å². The predicted molar refractivity (Wildman–Crippen MR) is 72.1 cm³/mol. The molecule has 1 aromatic carbocycles. The fourth-order valence-electron chi connectivity index (χ4n) is 1.94. The number of rotatable bonds is 4. The maximum Gasteiger partial charge on any atom is 0.269 e. The van der Waals surface area contributed by atoms with Gasteiger partial charge in [0.1, 0.15) is 0 Å². The highest BCUT2D eigenvalue weighted by molar-refractivity contribution is 7.80. The first kappa shape index (κ1) is 12.6. The van der Waals surface area contributed by atoms with E-state index in [-0.39, 0.29) is 18.0 Å². The third-order valence-electron chi connectivity index (χ3n) is 2.77. The molecule has 0 spiro atoms. The second kappa shape index (κ2) is 5.22. The summed E-state index contributed by atoms with van der Waals surface area (Å²) in [6.07, 6.45) is 3.95. The Morgan fingerprint density at radius 2 is 2.22 bits per heavy atom. The second-order valence-corrected chi connectivity index (χ2v) is 4.27. The van der Waals surface area contributed by atoms with Gasteiger partial charge in [-0.2, -0.15) is 12.6 Å². The summed E-state index contributed by atoms with van der Waals surface area (Å²) in [7, 11) is 0. The van der Waals surface area contributed by atoms with Gasteiger partial charge in [-0.05, 0) is 11.6 Å². The minimum absolute atomic E-state index is 0.0225. The lowest BCUT2D eigenvalue weighted by Gasteiger charge is -2.14. The van der Waals surface area contributed by atoms with E-state index >= 15 is 0 Å². The number of nitro benzene ring substituents is 1. The molecular formula is C12H12N2O3S. The quantitative estimate of drug-likeness (QED) is 0.391. The number of hydrogen-bond acceptors (Lipinski definition) is 4. The molecule has 18 heavy (non-hydrogen) atoms. The van der Waals surface area contributed by atoms with Crippen LogP contribution in [0.25, 0.3) is 0 Å². The molecule has 6 heteroatoms. The fourth-order valence-corrected chi connectivity index (χ4v) is 2.09. The molecule has 0 saturated heterocycles. The van der Waals surface area contributed by atoms with Crippen LogP contribution >= 0.6 is 12.6 Å². The topological polar surface area (TPSA) is 63.4 Å². The third-order valence-corrected chi connectivity index (χ3v) is 2.98. The molecule has 0 saturated carbocycles. The van der Waals surface area contributed by atoms with Crippen molar-refractivity contribution >= 4 is 29.9 Å². The van der Waals surface area contributed by atoms with Crippen LogP contribution in [0.1, 0.15) is 5.56 Å². The number of non-ortho nitro benzene ring substituents is 1.